The minimum Gasteiger partial charge on any atom is -0.484 e. The van der Waals surface area contributed by atoms with Crippen LogP contribution in [-0.4, -0.2) is 117 Å². The molecule has 2 amide bonds. The molecule has 2 aromatic carbocycles. The first-order valence-corrected chi connectivity index (χ1v) is 16.6. The summed E-state index contributed by atoms with van der Waals surface area (Å²) in [7, 11) is 1.85. The predicted octanol–water partition coefficient (Wildman–Crippen LogP) is 2.67. The Labute approximate surface area is 310 Å². The molecule has 18 heteroatoms. The minimum atomic E-state index is -1.66. The fourth-order valence-corrected chi connectivity index (χ4v) is 7.94. The zero-order chi connectivity index (χ0) is 35.9. The summed E-state index contributed by atoms with van der Waals surface area (Å²) in [6.45, 7) is -0.622. The lowest BCUT2D eigenvalue weighted by Crippen LogP contribution is -2.71. The van der Waals surface area contributed by atoms with Crippen molar-refractivity contribution >= 4 is 70.4 Å². The predicted molar refractivity (Wildman–Crippen MR) is 190 cm³/mol. The van der Waals surface area contributed by atoms with Crippen LogP contribution in [0.3, 0.4) is 0 Å². The molecule has 3 unspecified atom stereocenters. The average Bonchev–Trinajstić information content (AvgIpc) is 3.09. The van der Waals surface area contributed by atoms with Crippen LogP contribution in [0, 0.1) is 11.6 Å². The van der Waals surface area contributed by atoms with E-state index >= 15 is 8.78 Å². The van der Waals surface area contributed by atoms with Crippen LogP contribution in [0.2, 0.25) is 0 Å². The summed E-state index contributed by atoms with van der Waals surface area (Å²) in [5.41, 5.74) is -3.61. The molecule has 272 valence electrons. The number of thioether (sulfide) groups is 1. The van der Waals surface area contributed by atoms with Gasteiger partial charge in [0.15, 0.2) is 12.4 Å². The van der Waals surface area contributed by atoms with Crippen molar-refractivity contribution in [3.8, 4) is 5.75 Å². The number of aryl methyl sites for hydroxylation is 1. The second kappa shape index (κ2) is 15.6. The highest BCUT2D eigenvalue weighted by Gasteiger charge is 2.55. The van der Waals surface area contributed by atoms with E-state index in [1.165, 1.54) is 0 Å². The van der Waals surface area contributed by atoms with Gasteiger partial charge < -0.3 is 29.7 Å². The number of aliphatic carboxylic acids is 1. The topological polar surface area (TPSA) is 162 Å². The maximum atomic E-state index is 16.8. The van der Waals surface area contributed by atoms with Crippen LogP contribution in [0.1, 0.15) is 22.0 Å². The SMILES string of the molecule is CN1CCN(C(C2=C(C(=O)O)N3C(=O)C(NC(=O)COc4ccccc4)C3SC2)c2c(F)cc3c(=O)c(C(=O)O)cn(CCF)c3c2F)CC1.I. The van der Waals surface area contributed by atoms with E-state index in [1.54, 1.807) is 35.2 Å². The number of ether oxygens (including phenoxy) is 1. The fourth-order valence-electron chi connectivity index (χ4n) is 6.56. The molecule has 2 saturated heterocycles. The van der Waals surface area contributed by atoms with E-state index in [0.29, 0.717) is 24.9 Å². The minimum absolute atomic E-state index is 0. The number of aromatic carboxylic acids is 1. The number of piperazine rings is 1. The van der Waals surface area contributed by atoms with Gasteiger partial charge in [-0.2, -0.15) is 0 Å². The molecule has 6 rings (SSSR count). The molecule has 3 aromatic rings. The number of amides is 2. The Balaban J connectivity index is 0.00000504. The number of alkyl halides is 1. The number of fused-ring (bicyclic) bond motifs is 2. The summed E-state index contributed by atoms with van der Waals surface area (Å²) < 4.78 is 53.1. The third kappa shape index (κ3) is 7.18. The van der Waals surface area contributed by atoms with Gasteiger partial charge in [0.1, 0.15) is 40.9 Å². The quantitative estimate of drug-likeness (QED) is 0.192. The molecule has 2 fully saturated rings. The van der Waals surface area contributed by atoms with E-state index in [-0.39, 0.29) is 48.4 Å². The van der Waals surface area contributed by atoms with Crippen LogP contribution in [0.15, 0.2) is 58.7 Å². The van der Waals surface area contributed by atoms with Crippen LogP contribution < -0.4 is 15.5 Å². The van der Waals surface area contributed by atoms with E-state index in [2.05, 4.69) is 5.32 Å². The van der Waals surface area contributed by atoms with Crippen molar-refractivity contribution in [1.82, 2.24) is 24.6 Å². The number of pyridine rings is 1. The Morgan fingerprint density at radius 3 is 2.37 bits per heavy atom. The Kier molecular flexibility index (Phi) is 11.7. The van der Waals surface area contributed by atoms with Gasteiger partial charge in [-0.15, -0.1) is 35.7 Å². The molecule has 51 heavy (non-hydrogen) atoms. The first kappa shape index (κ1) is 38.1. The number of carbonyl (C=O) groups is 4. The number of aromatic nitrogens is 1. The second-order valence-electron chi connectivity index (χ2n) is 12.0. The molecule has 3 aliphatic heterocycles. The van der Waals surface area contributed by atoms with Crippen molar-refractivity contribution in [2.45, 2.75) is 24.0 Å². The summed E-state index contributed by atoms with van der Waals surface area (Å²) in [6, 6.07) is 6.74. The summed E-state index contributed by atoms with van der Waals surface area (Å²) in [4.78, 5) is 68.4. The highest BCUT2D eigenvalue weighted by Crippen LogP contribution is 2.47. The number of benzene rings is 2. The van der Waals surface area contributed by atoms with Crippen LogP contribution in [0.5, 0.6) is 5.75 Å². The summed E-state index contributed by atoms with van der Waals surface area (Å²) in [6.07, 6.45) is 0.795. The molecule has 1 aromatic heterocycles. The van der Waals surface area contributed by atoms with Crippen LogP contribution >= 0.6 is 35.7 Å². The van der Waals surface area contributed by atoms with E-state index < -0.39 is 106 Å². The number of halogens is 4. The van der Waals surface area contributed by atoms with Gasteiger partial charge in [0.25, 0.3) is 11.8 Å². The van der Waals surface area contributed by atoms with E-state index in [0.717, 1.165) is 27.4 Å². The normalized spacial score (nSPS) is 19.9. The third-order valence-electron chi connectivity index (χ3n) is 8.98. The lowest BCUT2D eigenvalue weighted by atomic mass is 9.91. The molecular weight excluding hydrogens is 810 g/mol. The molecular formula is C33H33F3IN5O8S. The average molecular weight is 844 g/mol. The number of para-hydroxylation sites is 1. The number of likely N-dealkylation sites (N-methyl/N-ethyl adjacent to an activating group) is 1. The Hall–Kier alpha value is -4.14. The maximum Gasteiger partial charge on any atom is 0.352 e. The molecule has 0 bridgehead atoms. The van der Waals surface area contributed by atoms with E-state index in [4.69, 9.17) is 4.74 Å². The number of carboxylic acid groups (broad SMARTS) is 2. The highest BCUT2D eigenvalue weighted by atomic mass is 127. The highest BCUT2D eigenvalue weighted by molar-refractivity contribution is 14.0. The zero-order valence-electron chi connectivity index (χ0n) is 27.0. The maximum absolute atomic E-state index is 16.8. The Morgan fingerprint density at radius 2 is 1.75 bits per heavy atom. The van der Waals surface area contributed by atoms with Gasteiger partial charge >= 0.3 is 11.9 Å². The number of carboxylic acids is 2. The van der Waals surface area contributed by atoms with Crippen molar-refractivity contribution in [1.29, 1.82) is 0 Å². The molecule has 3 aliphatic rings. The van der Waals surface area contributed by atoms with Crippen LogP contribution in [0.25, 0.3) is 10.9 Å². The molecule has 0 saturated carbocycles. The number of nitrogens with zero attached hydrogens (tertiary/aromatic N) is 4. The number of hydrogen-bond acceptors (Lipinski definition) is 9. The molecule has 3 N–H and O–H groups in total. The van der Waals surface area contributed by atoms with E-state index in [9.17, 15) is 38.6 Å². The number of rotatable bonds is 11. The summed E-state index contributed by atoms with van der Waals surface area (Å²) in [5, 5.41) is 21.1. The van der Waals surface area contributed by atoms with Crippen molar-refractivity contribution in [3.63, 3.8) is 0 Å². The molecule has 0 radical (unpaired) electrons. The molecule has 0 aliphatic carbocycles. The van der Waals surface area contributed by atoms with Gasteiger partial charge in [0, 0.05) is 43.7 Å². The van der Waals surface area contributed by atoms with Crippen molar-refractivity contribution in [2.24, 2.45) is 0 Å². The standard InChI is InChI=1S/C33H32F3N5O8S.HI/c1-38-9-11-39(12-10-38)26(23-21(35)13-18-27(24(23)36)40(8-7-34)14-19(29(18)43)32(45)46)20-16-50-31-25(30(44)41(31)28(20)33(47)48)37-22(42)15-49-17-5-3-2-4-6-17;/h2-6,13-14,25-26,31H,7-12,15-16H2,1H3,(H,37,42)(H,45,46)(H,47,48);1H. The van der Waals surface area contributed by atoms with Crippen LogP contribution in [0.4, 0.5) is 13.2 Å². The van der Waals surface area contributed by atoms with Gasteiger partial charge in [-0.3, -0.25) is 24.2 Å². The lowest BCUT2D eigenvalue weighted by Gasteiger charge is -2.51. The first-order valence-electron chi connectivity index (χ1n) is 15.6. The zero-order valence-corrected chi connectivity index (χ0v) is 30.2. The van der Waals surface area contributed by atoms with Crippen molar-refractivity contribution in [3.05, 3.63) is 86.8 Å². The number of hydrogen-bond donors (Lipinski definition) is 3. The van der Waals surface area contributed by atoms with Crippen molar-refractivity contribution in [2.75, 3.05) is 52.3 Å². The number of β-lactam (4-membered cyclic amide) rings is 1. The van der Waals surface area contributed by atoms with Gasteiger partial charge in [-0.25, -0.2) is 22.8 Å². The lowest BCUT2D eigenvalue weighted by molar-refractivity contribution is -0.151. The molecule has 0 spiro atoms. The molecule has 4 heterocycles. The van der Waals surface area contributed by atoms with Crippen LogP contribution in [-0.2, 0) is 20.9 Å². The smallest absolute Gasteiger partial charge is 0.352 e. The third-order valence-corrected chi connectivity index (χ3v) is 10.3. The Morgan fingerprint density at radius 1 is 1.06 bits per heavy atom. The number of nitrogens with one attached hydrogen (secondary N) is 1. The fraction of sp³-hybridized carbons (Fsp3) is 0.364. The van der Waals surface area contributed by atoms with Gasteiger partial charge in [0.2, 0.25) is 5.43 Å². The second-order valence-corrected chi connectivity index (χ2v) is 13.1. The van der Waals surface area contributed by atoms with Gasteiger partial charge in [0.05, 0.1) is 23.5 Å². The largest absolute Gasteiger partial charge is 0.484 e. The number of carbonyl (C=O) groups excluding carboxylic acids is 2. The van der Waals surface area contributed by atoms with Gasteiger partial charge in [-0.1, -0.05) is 18.2 Å². The summed E-state index contributed by atoms with van der Waals surface area (Å²) in [5.74, 6) is -6.73. The first-order chi connectivity index (χ1) is 23.9. The van der Waals surface area contributed by atoms with E-state index in [1.807, 2.05) is 11.9 Å². The monoisotopic (exact) mass is 843 g/mol. The van der Waals surface area contributed by atoms with Crippen molar-refractivity contribution < 1.29 is 47.3 Å². The summed E-state index contributed by atoms with van der Waals surface area (Å²) >= 11 is 1.11. The molecule has 13 nitrogen and oxygen atoms in total. The molecule has 3 atom stereocenters. The Bertz CT molecular complexity index is 1980. The van der Waals surface area contributed by atoms with Gasteiger partial charge in [-0.05, 0) is 30.8 Å².